The molecule has 1 aliphatic rings. The van der Waals surface area contributed by atoms with Crippen molar-refractivity contribution in [2.24, 2.45) is 5.73 Å². The Hall–Kier alpha value is -0.480. The van der Waals surface area contributed by atoms with Gasteiger partial charge in [0.05, 0.1) is 6.20 Å². The highest BCUT2D eigenvalue weighted by Crippen LogP contribution is 2.31. The highest BCUT2D eigenvalue weighted by atomic mass is 32.2. The number of nitrogens with zero attached hydrogens (tertiary/aromatic N) is 2. The fourth-order valence-corrected chi connectivity index (χ4v) is 3.65. The van der Waals surface area contributed by atoms with E-state index in [1.807, 2.05) is 22.6 Å². The standard InChI is InChI=1S/C13H23N3S/c1-2-7-16-9-11(8-15-16)13(14)10-17-12-5-3-4-6-12/h8-9,12-13H,2-7,10,14H2,1H3. The van der Waals surface area contributed by atoms with Gasteiger partial charge >= 0.3 is 0 Å². The smallest absolute Gasteiger partial charge is 0.0537 e. The zero-order chi connectivity index (χ0) is 12.1. The molecule has 0 aromatic carbocycles. The molecular weight excluding hydrogens is 230 g/mol. The molecule has 2 rings (SSSR count). The summed E-state index contributed by atoms with van der Waals surface area (Å²) in [5.74, 6) is 1.03. The SMILES string of the molecule is CCCn1cc(C(N)CSC2CCCC2)cn1. The average molecular weight is 253 g/mol. The van der Waals surface area contributed by atoms with Crippen LogP contribution in [-0.2, 0) is 6.54 Å². The molecule has 1 fully saturated rings. The van der Waals surface area contributed by atoms with Crippen LogP contribution < -0.4 is 5.73 Å². The Morgan fingerprint density at radius 2 is 2.29 bits per heavy atom. The number of thioether (sulfide) groups is 1. The number of rotatable bonds is 6. The van der Waals surface area contributed by atoms with Gasteiger partial charge < -0.3 is 5.73 Å². The summed E-state index contributed by atoms with van der Waals surface area (Å²) in [4.78, 5) is 0. The molecule has 1 aromatic heterocycles. The second-order valence-electron chi connectivity index (χ2n) is 4.88. The lowest BCUT2D eigenvalue weighted by Crippen LogP contribution is -2.14. The van der Waals surface area contributed by atoms with Gasteiger partial charge in [-0.25, -0.2) is 0 Å². The van der Waals surface area contributed by atoms with Gasteiger partial charge in [0.2, 0.25) is 0 Å². The van der Waals surface area contributed by atoms with Crippen molar-refractivity contribution in [3.8, 4) is 0 Å². The van der Waals surface area contributed by atoms with Crippen LogP contribution in [0.25, 0.3) is 0 Å². The molecule has 1 atom stereocenters. The van der Waals surface area contributed by atoms with Gasteiger partial charge in [-0.2, -0.15) is 16.9 Å². The Balaban J connectivity index is 1.79. The van der Waals surface area contributed by atoms with Gasteiger partial charge in [0, 0.05) is 35.3 Å². The number of aryl methyl sites for hydroxylation is 1. The summed E-state index contributed by atoms with van der Waals surface area (Å²) in [5.41, 5.74) is 7.39. The van der Waals surface area contributed by atoms with E-state index in [0.717, 1.165) is 24.0 Å². The molecule has 2 N–H and O–H groups in total. The van der Waals surface area contributed by atoms with Crippen molar-refractivity contribution >= 4 is 11.8 Å². The van der Waals surface area contributed by atoms with Crippen LogP contribution in [-0.4, -0.2) is 20.8 Å². The quantitative estimate of drug-likeness (QED) is 0.847. The Morgan fingerprint density at radius 1 is 1.53 bits per heavy atom. The van der Waals surface area contributed by atoms with E-state index in [4.69, 9.17) is 5.73 Å². The second-order valence-corrected chi connectivity index (χ2v) is 6.22. The van der Waals surface area contributed by atoms with Crippen LogP contribution in [0.5, 0.6) is 0 Å². The van der Waals surface area contributed by atoms with Crippen molar-refractivity contribution in [3.05, 3.63) is 18.0 Å². The number of hydrogen-bond donors (Lipinski definition) is 1. The average Bonchev–Trinajstić information content (AvgIpc) is 2.97. The first-order chi connectivity index (χ1) is 8.29. The molecule has 1 unspecified atom stereocenters. The third-order valence-electron chi connectivity index (χ3n) is 3.35. The topological polar surface area (TPSA) is 43.8 Å². The molecule has 96 valence electrons. The molecule has 3 nitrogen and oxygen atoms in total. The molecule has 1 aromatic rings. The molecule has 4 heteroatoms. The van der Waals surface area contributed by atoms with E-state index in [1.54, 1.807) is 0 Å². The van der Waals surface area contributed by atoms with Crippen LogP contribution in [0.1, 0.15) is 50.6 Å². The predicted octanol–water partition coefficient (Wildman–Crippen LogP) is 2.97. The molecule has 0 bridgehead atoms. The minimum atomic E-state index is 0.145. The Bertz CT molecular complexity index is 331. The van der Waals surface area contributed by atoms with E-state index < -0.39 is 0 Å². The monoisotopic (exact) mass is 253 g/mol. The minimum Gasteiger partial charge on any atom is -0.323 e. The fraction of sp³-hybridized carbons (Fsp3) is 0.769. The van der Waals surface area contributed by atoms with Crippen LogP contribution in [0.2, 0.25) is 0 Å². The maximum Gasteiger partial charge on any atom is 0.0537 e. The summed E-state index contributed by atoms with van der Waals surface area (Å²) < 4.78 is 2.00. The number of hydrogen-bond acceptors (Lipinski definition) is 3. The molecule has 0 radical (unpaired) electrons. The molecule has 0 spiro atoms. The molecule has 17 heavy (non-hydrogen) atoms. The van der Waals surface area contributed by atoms with Gasteiger partial charge in [-0.15, -0.1) is 0 Å². The van der Waals surface area contributed by atoms with E-state index in [-0.39, 0.29) is 6.04 Å². The van der Waals surface area contributed by atoms with Crippen molar-refractivity contribution in [3.63, 3.8) is 0 Å². The van der Waals surface area contributed by atoms with Crippen LogP contribution in [0.15, 0.2) is 12.4 Å². The first-order valence-corrected chi connectivity index (χ1v) is 7.74. The zero-order valence-electron chi connectivity index (χ0n) is 10.6. The molecule has 0 amide bonds. The minimum absolute atomic E-state index is 0.145. The van der Waals surface area contributed by atoms with Crippen molar-refractivity contribution in [1.82, 2.24) is 9.78 Å². The molecular formula is C13H23N3S. The van der Waals surface area contributed by atoms with E-state index >= 15 is 0 Å². The molecule has 0 saturated heterocycles. The lowest BCUT2D eigenvalue weighted by Gasteiger charge is -2.13. The molecule has 1 saturated carbocycles. The van der Waals surface area contributed by atoms with Gasteiger partial charge in [-0.05, 0) is 19.3 Å². The summed E-state index contributed by atoms with van der Waals surface area (Å²) >= 11 is 2.05. The number of nitrogens with two attached hydrogens (primary N) is 1. The summed E-state index contributed by atoms with van der Waals surface area (Å²) in [5, 5.41) is 5.19. The summed E-state index contributed by atoms with van der Waals surface area (Å²) in [6.07, 6.45) is 10.7. The largest absolute Gasteiger partial charge is 0.323 e. The Kier molecular flexibility index (Phi) is 4.92. The van der Waals surface area contributed by atoms with Gasteiger partial charge in [0.25, 0.3) is 0 Å². The second kappa shape index (κ2) is 6.45. The first-order valence-electron chi connectivity index (χ1n) is 6.69. The van der Waals surface area contributed by atoms with Crippen molar-refractivity contribution in [2.45, 2.75) is 56.9 Å². The van der Waals surface area contributed by atoms with Crippen molar-refractivity contribution in [2.75, 3.05) is 5.75 Å². The molecule has 0 aliphatic heterocycles. The predicted molar refractivity (Wildman–Crippen MR) is 74.2 cm³/mol. The normalized spacial score (nSPS) is 18.7. The maximum atomic E-state index is 6.21. The third kappa shape index (κ3) is 3.75. The van der Waals surface area contributed by atoms with Crippen molar-refractivity contribution in [1.29, 1.82) is 0 Å². The van der Waals surface area contributed by atoms with Crippen LogP contribution >= 0.6 is 11.8 Å². The van der Waals surface area contributed by atoms with E-state index in [2.05, 4.69) is 18.2 Å². The van der Waals surface area contributed by atoms with Gasteiger partial charge in [-0.1, -0.05) is 19.8 Å². The molecule has 1 heterocycles. The lowest BCUT2D eigenvalue weighted by atomic mass is 10.2. The van der Waals surface area contributed by atoms with Gasteiger partial charge in [0.1, 0.15) is 0 Å². The van der Waals surface area contributed by atoms with Gasteiger partial charge in [0.15, 0.2) is 0 Å². The van der Waals surface area contributed by atoms with Gasteiger partial charge in [-0.3, -0.25) is 4.68 Å². The van der Waals surface area contributed by atoms with E-state index in [0.29, 0.717) is 0 Å². The summed E-state index contributed by atoms with van der Waals surface area (Å²) in [6, 6.07) is 0.145. The lowest BCUT2D eigenvalue weighted by molar-refractivity contribution is 0.601. The van der Waals surface area contributed by atoms with Crippen LogP contribution in [0, 0.1) is 0 Å². The third-order valence-corrected chi connectivity index (χ3v) is 4.84. The maximum absolute atomic E-state index is 6.21. The zero-order valence-corrected chi connectivity index (χ0v) is 11.5. The highest BCUT2D eigenvalue weighted by Gasteiger charge is 2.17. The van der Waals surface area contributed by atoms with E-state index in [9.17, 15) is 0 Å². The Morgan fingerprint density at radius 3 is 3.00 bits per heavy atom. The summed E-state index contributed by atoms with van der Waals surface area (Å²) in [6.45, 7) is 3.15. The van der Waals surface area contributed by atoms with Crippen LogP contribution in [0.3, 0.4) is 0 Å². The summed E-state index contributed by atoms with van der Waals surface area (Å²) in [7, 11) is 0. The Labute approximate surface area is 108 Å². The van der Waals surface area contributed by atoms with Crippen LogP contribution in [0.4, 0.5) is 0 Å². The van der Waals surface area contributed by atoms with E-state index in [1.165, 1.54) is 31.2 Å². The highest BCUT2D eigenvalue weighted by molar-refractivity contribution is 7.99. The molecule has 1 aliphatic carbocycles. The number of aromatic nitrogens is 2. The fourth-order valence-electron chi connectivity index (χ4n) is 2.31. The first kappa shape index (κ1) is 13.0. The van der Waals surface area contributed by atoms with Crippen molar-refractivity contribution < 1.29 is 0 Å².